The van der Waals surface area contributed by atoms with E-state index in [0.29, 0.717) is 29.8 Å². The number of rotatable bonds is 5. The van der Waals surface area contributed by atoms with Crippen molar-refractivity contribution in [2.24, 2.45) is 0 Å². The van der Waals surface area contributed by atoms with E-state index in [1.807, 2.05) is 11.8 Å². The number of nitrogens with one attached hydrogen (secondary N) is 1. The summed E-state index contributed by atoms with van der Waals surface area (Å²) in [6.07, 6.45) is 4.72. The van der Waals surface area contributed by atoms with Gasteiger partial charge in [-0.25, -0.2) is 9.97 Å². The topological polar surface area (TPSA) is 58.1 Å². The van der Waals surface area contributed by atoms with Crippen LogP contribution in [0.15, 0.2) is 6.07 Å². The van der Waals surface area contributed by atoms with E-state index in [4.69, 9.17) is 11.6 Å². The minimum Gasteiger partial charge on any atom is -0.369 e. The van der Waals surface area contributed by atoms with Crippen LogP contribution in [0.5, 0.6) is 0 Å². The number of hydrogen-bond donors (Lipinski definition) is 1. The van der Waals surface area contributed by atoms with Crippen LogP contribution in [0.2, 0.25) is 5.15 Å². The number of anilines is 1. The third-order valence-corrected chi connectivity index (χ3v) is 3.60. The normalized spacial score (nSPS) is 15.2. The molecule has 2 heterocycles. The largest absolute Gasteiger partial charge is 0.369 e. The Kier molecular flexibility index (Phi) is 5.59. The minimum atomic E-state index is 0.216. The van der Waals surface area contributed by atoms with Crippen LogP contribution in [0.25, 0.3) is 0 Å². The lowest BCUT2D eigenvalue weighted by Crippen LogP contribution is -2.36. The maximum atomic E-state index is 12.0. The van der Waals surface area contributed by atoms with E-state index >= 15 is 0 Å². The average Bonchev–Trinajstić information content (AvgIpc) is 2.47. The van der Waals surface area contributed by atoms with E-state index in [1.165, 1.54) is 6.42 Å². The molecule has 1 aliphatic rings. The number of carbonyl (C=O) groups is 1. The number of hydrogen-bond acceptors (Lipinski definition) is 4. The summed E-state index contributed by atoms with van der Waals surface area (Å²) in [6, 6.07) is 1.69. The van der Waals surface area contributed by atoms with Crippen LogP contribution in [0.4, 0.5) is 5.82 Å². The van der Waals surface area contributed by atoms with Crippen LogP contribution < -0.4 is 5.32 Å². The van der Waals surface area contributed by atoms with E-state index in [-0.39, 0.29) is 5.91 Å². The van der Waals surface area contributed by atoms with Crippen molar-refractivity contribution >= 4 is 23.3 Å². The second kappa shape index (κ2) is 7.43. The van der Waals surface area contributed by atoms with Crippen molar-refractivity contribution in [2.45, 2.75) is 39.0 Å². The zero-order chi connectivity index (χ0) is 14.4. The molecule has 0 radical (unpaired) electrons. The molecule has 0 aromatic carbocycles. The molecule has 20 heavy (non-hydrogen) atoms. The molecule has 1 saturated heterocycles. The lowest BCUT2D eigenvalue weighted by atomic mass is 10.1. The predicted molar refractivity (Wildman–Crippen MR) is 80.0 cm³/mol. The average molecular weight is 297 g/mol. The van der Waals surface area contributed by atoms with Gasteiger partial charge in [-0.15, -0.1) is 0 Å². The Morgan fingerprint density at radius 1 is 1.35 bits per heavy atom. The van der Waals surface area contributed by atoms with E-state index in [9.17, 15) is 4.79 Å². The lowest BCUT2D eigenvalue weighted by Gasteiger charge is -2.26. The highest BCUT2D eigenvalue weighted by Crippen LogP contribution is 2.13. The van der Waals surface area contributed by atoms with Gasteiger partial charge >= 0.3 is 0 Å². The van der Waals surface area contributed by atoms with Gasteiger partial charge in [-0.05, 0) is 19.3 Å². The van der Waals surface area contributed by atoms with E-state index in [0.717, 1.165) is 32.4 Å². The second-order valence-electron chi connectivity index (χ2n) is 4.96. The van der Waals surface area contributed by atoms with Gasteiger partial charge in [0.05, 0.1) is 0 Å². The summed E-state index contributed by atoms with van der Waals surface area (Å²) >= 11 is 5.93. The molecule has 110 valence electrons. The maximum absolute atomic E-state index is 12.0. The highest BCUT2D eigenvalue weighted by molar-refractivity contribution is 6.29. The number of amides is 1. The van der Waals surface area contributed by atoms with Gasteiger partial charge in [-0.3, -0.25) is 4.79 Å². The molecular formula is C14H21ClN4O. The van der Waals surface area contributed by atoms with E-state index in [2.05, 4.69) is 15.3 Å². The molecule has 6 heteroatoms. The number of piperidine rings is 1. The summed E-state index contributed by atoms with van der Waals surface area (Å²) in [7, 11) is 0. The van der Waals surface area contributed by atoms with Crippen molar-refractivity contribution in [1.82, 2.24) is 14.9 Å². The molecule has 0 spiro atoms. The fourth-order valence-electron chi connectivity index (χ4n) is 2.31. The Labute approximate surface area is 124 Å². The second-order valence-corrected chi connectivity index (χ2v) is 5.35. The molecule has 0 unspecified atom stereocenters. The Morgan fingerprint density at radius 2 is 2.10 bits per heavy atom. The Bertz CT molecular complexity index is 460. The van der Waals surface area contributed by atoms with Gasteiger partial charge in [0.25, 0.3) is 0 Å². The minimum absolute atomic E-state index is 0.216. The molecular weight excluding hydrogens is 276 g/mol. The fourth-order valence-corrected chi connectivity index (χ4v) is 2.51. The van der Waals surface area contributed by atoms with Crippen molar-refractivity contribution in [2.75, 3.05) is 25.0 Å². The molecule has 0 atom stereocenters. The highest BCUT2D eigenvalue weighted by atomic mass is 35.5. The number of aryl methyl sites for hydroxylation is 1. The molecule has 1 aliphatic heterocycles. The fraction of sp³-hybridized carbons (Fsp3) is 0.643. The SMILES string of the molecule is CCc1nc(Cl)cc(NCCC(=O)N2CCCCC2)n1. The summed E-state index contributed by atoms with van der Waals surface area (Å²) in [5.74, 6) is 1.61. The van der Waals surface area contributed by atoms with E-state index in [1.54, 1.807) is 6.07 Å². The van der Waals surface area contributed by atoms with E-state index < -0.39 is 0 Å². The van der Waals surface area contributed by atoms with Gasteiger partial charge in [0, 0.05) is 38.5 Å². The van der Waals surface area contributed by atoms with Gasteiger partial charge in [0.2, 0.25) is 5.91 Å². The first-order valence-corrected chi connectivity index (χ1v) is 7.62. The first-order chi connectivity index (χ1) is 9.69. The van der Waals surface area contributed by atoms with Gasteiger partial charge in [0.15, 0.2) is 0 Å². The highest BCUT2D eigenvalue weighted by Gasteiger charge is 2.15. The van der Waals surface area contributed by atoms with Gasteiger partial charge < -0.3 is 10.2 Å². The van der Waals surface area contributed by atoms with Crippen LogP contribution in [-0.4, -0.2) is 40.4 Å². The zero-order valence-corrected chi connectivity index (χ0v) is 12.6. The standard InChI is InChI=1S/C14H21ClN4O/c1-2-12-17-11(15)10-13(18-12)16-7-6-14(20)19-8-4-3-5-9-19/h10H,2-9H2,1H3,(H,16,17,18). The molecule has 2 rings (SSSR count). The smallest absolute Gasteiger partial charge is 0.224 e. The molecule has 1 N–H and O–H groups in total. The molecule has 1 fully saturated rings. The first-order valence-electron chi connectivity index (χ1n) is 7.24. The van der Waals surface area contributed by atoms with Gasteiger partial charge in [0.1, 0.15) is 16.8 Å². The third-order valence-electron chi connectivity index (χ3n) is 3.41. The van der Waals surface area contributed by atoms with Crippen LogP contribution in [0.1, 0.15) is 38.4 Å². The molecule has 5 nitrogen and oxygen atoms in total. The van der Waals surface area contributed by atoms with Crippen LogP contribution in [0.3, 0.4) is 0 Å². The quantitative estimate of drug-likeness (QED) is 0.848. The van der Waals surface area contributed by atoms with Crippen molar-refractivity contribution in [3.05, 3.63) is 17.0 Å². The summed E-state index contributed by atoms with van der Waals surface area (Å²) in [5.41, 5.74) is 0. The Balaban J connectivity index is 1.80. The van der Waals surface area contributed by atoms with Crippen molar-refractivity contribution in [3.63, 3.8) is 0 Å². The number of halogens is 1. The number of likely N-dealkylation sites (tertiary alicyclic amines) is 1. The zero-order valence-electron chi connectivity index (χ0n) is 11.9. The van der Waals surface area contributed by atoms with Crippen molar-refractivity contribution < 1.29 is 4.79 Å². The van der Waals surface area contributed by atoms with Crippen LogP contribution >= 0.6 is 11.6 Å². The van der Waals surface area contributed by atoms with Crippen molar-refractivity contribution in [1.29, 1.82) is 0 Å². The molecule has 1 aromatic heterocycles. The maximum Gasteiger partial charge on any atom is 0.224 e. The van der Waals surface area contributed by atoms with Crippen LogP contribution in [0, 0.1) is 0 Å². The predicted octanol–water partition coefficient (Wildman–Crippen LogP) is 2.51. The number of nitrogens with zero attached hydrogens (tertiary/aromatic N) is 3. The van der Waals surface area contributed by atoms with Crippen LogP contribution in [-0.2, 0) is 11.2 Å². The summed E-state index contributed by atoms with van der Waals surface area (Å²) in [5, 5.41) is 3.58. The monoisotopic (exact) mass is 296 g/mol. The summed E-state index contributed by atoms with van der Waals surface area (Å²) in [4.78, 5) is 22.4. The molecule has 0 aliphatic carbocycles. The van der Waals surface area contributed by atoms with Gasteiger partial charge in [-0.1, -0.05) is 18.5 Å². The first kappa shape index (κ1) is 15.0. The molecule has 1 aromatic rings. The lowest BCUT2D eigenvalue weighted by molar-refractivity contribution is -0.131. The molecule has 0 bridgehead atoms. The Morgan fingerprint density at radius 3 is 2.80 bits per heavy atom. The molecule has 0 saturated carbocycles. The summed E-state index contributed by atoms with van der Waals surface area (Å²) in [6.45, 7) is 4.36. The number of carbonyl (C=O) groups excluding carboxylic acids is 1. The number of aromatic nitrogens is 2. The Hall–Kier alpha value is -1.36. The summed E-state index contributed by atoms with van der Waals surface area (Å²) < 4.78 is 0. The third kappa shape index (κ3) is 4.34. The van der Waals surface area contributed by atoms with Crippen molar-refractivity contribution in [3.8, 4) is 0 Å². The molecule has 1 amide bonds. The van der Waals surface area contributed by atoms with Gasteiger partial charge in [-0.2, -0.15) is 0 Å².